The zero-order valence-electron chi connectivity index (χ0n) is 21.6. The van der Waals surface area contributed by atoms with Gasteiger partial charge in [-0.1, -0.05) is 30.4 Å². The molecular formula is C30H36N4OS. The molecule has 188 valence electrons. The summed E-state index contributed by atoms with van der Waals surface area (Å²) in [5.74, 6) is 9.18. The van der Waals surface area contributed by atoms with Crippen molar-refractivity contribution < 1.29 is 4.74 Å². The number of nitrogen functional groups attached to an aromatic ring is 1. The van der Waals surface area contributed by atoms with E-state index in [1.165, 1.54) is 37.1 Å². The lowest BCUT2D eigenvalue weighted by Crippen LogP contribution is -2.29. The highest BCUT2D eigenvalue weighted by Gasteiger charge is 2.32. The van der Waals surface area contributed by atoms with Crippen molar-refractivity contribution in [1.29, 1.82) is 0 Å². The van der Waals surface area contributed by atoms with Crippen LogP contribution in [0, 0.1) is 23.2 Å². The smallest absolute Gasteiger partial charge is 0.166 e. The lowest BCUT2D eigenvalue weighted by atomic mass is 9.68. The number of pyridine rings is 1. The molecular weight excluding hydrogens is 464 g/mol. The first-order valence-electron chi connectivity index (χ1n) is 13.0. The highest BCUT2D eigenvalue weighted by Crippen LogP contribution is 2.41. The number of thiazole rings is 1. The minimum Gasteiger partial charge on any atom is -0.485 e. The summed E-state index contributed by atoms with van der Waals surface area (Å²) in [5.41, 5.74) is 9.31. The van der Waals surface area contributed by atoms with E-state index in [2.05, 4.69) is 60.8 Å². The van der Waals surface area contributed by atoms with Gasteiger partial charge in [0, 0.05) is 34.9 Å². The number of nitrogens with zero attached hydrogens (tertiary/aromatic N) is 3. The molecule has 3 aromatic rings. The molecule has 5 rings (SSSR count). The monoisotopic (exact) mass is 500 g/mol. The summed E-state index contributed by atoms with van der Waals surface area (Å²) >= 11 is 1.76. The number of rotatable bonds is 6. The van der Waals surface area contributed by atoms with Crippen molar-refractivity contribution in [1.82, 2.24) is 14.9 Å². The minimum atomic E-state index is 0.0646. The van der Waals surface area contributed by atoms with Gasteiger partial charge >= 0.3 is 0 Å². The maximum atomic E-state index is 6.16. The van der Waals surface area contributed by atoms with Crippen LogP contribution in [0.3, 0.4) is 0 Å². The van der Waals surface area contributed by atoms with Crippen LogP contribution >= 0.6 is 11.3 Å². The van der Waals surface area contributed by atoms with Gasteiger partial charge in [-0.15, -0.1) is 11.3 Å². The molecule has 0 amide bonds. The Morgan fingerprint density at radius 1 is 1.11 bits per heavy atom. The summed E-state index contributed by atoms with van der Waals surface area (Å²) < 4.78 is 6.13. The number of hydrogen-bond donors (Lipinski definition) is 1. The third-order valence-corrected chi connectivity index (χ3v) is 8.94. The summed E-state index contributed by atoms with van der Waals surface area (Å²) in [6, 6.07) is 10.3. The van der Waals surface area contributed by atoms with Crippen molar-refractivity contribution in [3.05, 3.63) is 58.9 Å². The lowest BCUT2D eigenvalue weighted by Gasteiger charge is -2.36. The number of benzene rings is 1. The van der Waals surface area contributed by atoms with Gasteiger partial charge < -0.3 is 15.4 Å². The molecule has 2 N–H and O–H groups in total. The Morgan fingerprint density at radius 2 is 1.92 bits per heavy atom. The zero-order chi connectivity index (χ0) is 25.1. The van der Waals surface area contributed by atoms with Gasteiger partial charge in [0.05, 0.1) is 9.88 Å². The van der Waals surface area contributed by atoms with Crippen LogP contribution < -0.4 is 10.5 Å². The fourth-order valence-electron chi connectivity index (χ4n) is 4.94. The SMILES string of the molecule is CN1CCC(c2ncc(-c3cnc(N)c(OCc4cccc(C#CC(C)(C)C5CCC5)c4)c3)s2)CC1. The largest absolute Gasteiger partial charge is 0.485 e. The van der Waals surface area contributed by atoms with Gasteiger partial charge in [-0.05, 0) is 89.3 Å². The van der Waals surface area contributed by atoms with E-state index < -0.39 is 0 Å². The molecule has 2 aromatic heterocycles. The van der Waals surface area contributed by atoms with Gasteiger partial charge in [0.25, 0.3) is 0 Å². The molecule has 1 aliphatic heterocycles. The first-order chi connectivity index (χ1) is 17.4. The first-order valence-corrected chi connectivity index (χ1v) is 13.8. The second-order valence-corrected chi connectivity index (χ2v) is 11.9. The molecule has 1 aromatic carbocycles. The average Bonchev–Trinajstić information content (AvgIpc) is 3.32. The zero-order valence-corrected chi connectivity index (χ0v) is 22.4. The second-order valence-electron chi connectivity index (χ2n) is 10.8. The fraction of sp³-hybridized carbons (Fsp3) is 0.467. The third kappa shape index (κ3) is 5.74. The lowest BCUT2D eigenvalue weighted by molar-refractivity contribution is 0.178. The van der Waals surface area contributed by atoms with Gasteiger partial charge in [0.15, 0.2) is 11.6 Å². The quantitative estimate of drug-likeness (QED) is 0.399. The van der Waals surface area contributed by atoms with Crippen molar-refractivity contribution in [3.63, 3.8) is 0 Å². The van der Waals surface area contributed by atoms with E-state index in [4.69, 9.17) is 15.5 Å². The number of hydrogen-bond acceptors (Lipinski definition) is 6. The van der Waals surface area contributed by atoms with Gasteiger partial charge in [-0.3, -0.25) is 0 Å². The Kier molecular flexibility index (Phi) is 7.32. The van der Waals surface area contributed by atoms with Gasteiger partial charge in [0.1, 0.15) is 6.61 Å². The molecule has 0 unspecified atom stereocenters. The number of piperidine rings is 1. The van der Waals surface area contributed by atoms with E-state index in [1.807, 2.05) is 24.5 Å². The van der Waals surface area contributed by atoms with Crippen molar-refractivity contribution >= 4 is 17.2 Å². The number of ether oxygens (including phenoxy) is 1. The van der Waals surface area contributed by atoms with Gasteiger partial charge in [-0.2, -0.15) is 0 Å². The maximum absolute atomic E-state index is 6.16. The molecule has 1 saturated carbocycles. The average molecular weight is 501 g/mol. The molecule has 2 aliphatic rings. The Hall–Kier alpha value is -2.88. The van der Waals surface area contributed by atoms with E-state index in [0.717, 1.165) is 40.6 Å². The molecule has 0 bridgehead atoms. The van der Waals surface area contributed by atoms with E-state index in [0.29, 0.717) is 24.1 Å². The predicted octanol–water partition coefficient (Wildman–Crippen LogP) is 6.35. The normalized spacial score (nSPS) is 17.3. The Balaban J connectivity index is 1.25. The predicted molar refractivity (Wildman–Crippen MR) is 148 cm³/mol. The van der Waals surface area contributed by atoms with E-state index in [-0.39, 0.29) is 5.41 Å². The minimum absolute atomic E-state index is 0.0646. The van der Waals surface area contributed by atoms with Crippen LogP contribution in [0.15, 0.2) is 42.7 Å². The van der Waals surface area contributed by atoms with Gasteiger partial charge in [-0.25, -0.2) is 9.97 Å². The highest BCUT2D eigenvalue weighted by molar-refractivity contribution is 7.15. The first kappa shape index (κ1) is 24.8. The van der Waals surface area contributed by atoms with Gasteiger partial charge in [0.2, 0.25) is 0 Å². The Labute approximate surface area is 219 Å². The van der Waals surface area contributed by atoms with Crippen LogP contribution in [0.5, 0.6) is 5.75 Å². The molecule has 1 aliphatic carbocycles. The molecule has 36 heavy (non-hydrogen) atoms. The van der Waals surface area contributed by atoms with Crippen molar-refractivity contribution in [2.75, 3.05) is 25.9 Å². The highest BCUT2D eigenvalue weighted by atomic mass is 32.1. The number of likely N-dealkylation sites (tertiary alicyclic amines) is 1. The molecule has 0 radical (unpaired) electrons. The standard InChI is InChI=1S/C30H36N4OS/c1-30(2,25-8-5-9-25)13-10-21-6-4-7-22(16-21)20-35-26-17-24(18-32-28(26)31)27-19-33-29(36-27)23-11-14-34(3)15-12-23/h4,6-7,16-19,23,25H,5,8-9,11-12,14-15,20H2,1-3H3,(H2,31,32). The van der Waals surface area contributed by atoms with Crippen LogP contribution in [0.25, 0.3) is 10.4 Å². The summed E-state index contributed by atoms with van der Waals surface area (Å²) in [6.45, 7) is 7.21. The number of aromatic nitrogens is 2. The molecule has 0 spiro atoms. The molecule has 6 heteroatoms. The fourth-order valence-corrected chi connectivity index (χ4v) is 6.00. The molecule has 1 saturated heterocycles. The van der Waals surface area contributed by atoms with E-state index >= 15 is 0 Å². The summed E-state index contributed by atoms with van der Waals surface area (Å²) in [5, 5.41) is 1.22. The third-order valence-electron chi connectivity index (χ3n) is 7.73. The molecule has 3 heterocycles. The van der Waals surface area contributed by atoms with E-state index in [9.17, 15) is 0 Å². The second kappa shape index (κ2) is 10.6. The Morgan fingerprint density at radius 3 is 2.67 bits per heavy atom. The summed E-state index contributed by atoms with van der Waals surface area (Å²) in [4.78, 5) is 12.6. The van der Waals surface area contributed by atoms with Crippen LogP contribution in [-0.4, -0.2) is 35.0 Å². The molecule has 5 nitrogen and oxygen atoms in total. The van der Waals surface area contributed by atoms with Crippen LogP contribution in [0.4, 0.5) is 5.82 Å². The van der Waals surface area contributed by atoms with Crippen molar-refractivity contribution in [2.24, 2.45) is 11.3 Å². The topological polar surface area (TPSA) is 64.3 Å². The number of anilines is 1. The van der Waals surface area contributed by atoms with Crippen LogP contribution in [0.2, 0.25) is 0 Å². The van der Waals surface area contributed by atoms with Crippen molar-refractivity contribution in [3.8, 4) is 28.0 Å². The van der Waals surface area contributed by atoms with E-state index in [1.54, 1.807) is 11.3 Å². The summed E-state index contributed by atoms with van der Waals surface area (Å²) in [6.07, 6.45) is 10.0. The van der Waals surface area contributed by atoms with Crippen LogP contribution in [0.1, 0.15) is 68.0 Å². The summed E-state index contributed by atoms with van der Waals surface area (Å²) in [7, 11) is 2.19. The van der Waals surface area contributed by atoms with Crippen molar-refractivity contribution in [2.45, 2.75) is 58.5 Å². The molecule has 0 atom stereocenters. The number of nitrogens with two attached hydrogens (primary N) is 1. The maximum Gasteiger partial charge on any atom is 0.166 e. The Bertz CT molecular complexity index is 1260. The molecule has 2 fully saturated rings. The van der Waals surface area contributed by atoms with Crippen LogP contribution in [-0.2, 0) is 6.61 Å².